The van der Waals surface area contributed by atoms with E-state index in [1.54, 1.807) is 12.1 Å². The van der Waals surface area contributed by atoms with Crippen molar-refractivity contribution >= 4 is 5.84 Å². The van der Waals surface area contributed by atoms with E-state index in [0.29, 0.717) is 18.7 Å². The first-order valence-corrected chi connectivity index (χ1v) is 5.57. The maximum Gasteiger partial charge on any atom is 0.170 e. The maximum atomic E-state index is 13.2. The average Bonchev–Trinajstić information content (AvgIpc) is 2.92. The first-order valence-electron chi connectivity index (χ1n) is 5.57. The van der Waals surface area contributed by atoms with Crippen LogP contribution in [0.15, 0.2) is 40.2 Å². The lowest BCUT2D eigenvalue weighted by Gasteiger charge is -2.09. The van der Waals surface area contributed by atoms with Crippen molar-refractivity contribution in [3.05, 3.63) is 53.2 Å². The van der Waals surface area contributed by atoms with E-state index >= 15 is 0 Å². The molecule has 100 valence electrons. The molecule has 0 spiro atoms. The Balaban J connectivity index is 2.07. The molecule has 0 saturated heterocycles. The van der Waals surface area contributed by atoms with Crippen molar-refractivity contribution in [1.29, 1.82) is 0 Å². The van der Waals surface area contributed by atoms with E-state index in [0.717, 1.165) is 11.3 Å². The lowest BCUT2D eigenvalue weighted by molar-refractivity contribution is 0.318. The highest BCUT2D eigenvalue weighted by Crippen LogP contribution is 2.11. The normalized spacial score (nSPS) is 11.7. The third-order valence-electron chi connectivity index (χ3n) is 2.57. The van der Waals surface area contributed by atoms with Crippen molar-refractivity contribution in [2.45, 2.75) is 13.1 Å². The maximum absolute atomic E-state index is 13.2. The second-order valence-corrected chi connectivity index (χ2v) is 3.88. The second-order valence-electron chi connectivity index (χ2n) is 3.88. The molecule has 0 aliphatic rings. The molecule has 2 rings (SSSR count). The van der Waals surface area contributed by atoms with E-state index in [4.69, 9.17) is 15.5 Å². The number of hydrogen-bond acceptors (Lipinski definition) is 5. The molecule has 0 atom stereocenters. The zero-order chi connectivity index (χ0) is 13.7. The Hall–Kier alpha value is -2.41. The fourth-order valence-electron chi connectivity index (χ4n) is 1.65. The molecule has 7 heteroatoms. The highest BCUT2D eigenvalue weighted by atomic mass is 19.1. The molecule has 0 unspecified atom stereocenters. The molecule has 19 heavy (non-hydrogen) atoms. The van der Waals surface area contributed by atoms with Gasteiger partial charge in [-0.05, 0) is 17.7 Å². The number of oxime groups is 1. The van der Waals surface area contributed by atoms with Gasteiger partial charge < -0.3 is 20.8 Å². The Morgan fingerprint density at radius 1 is 1.42 bits per heavy atom. The van der Waals surface area contributed by atoms with Crippen LogP contribution in [0.2, 0.25) is 0 Å². The number of rotatable bonds is 5. The van der Waals surface area contributed by atoms with E-state index < -0.39 is 5.82 Å². The third-order valence-corrected chi connectivity index (χ3v) is 2.57. The first-order chi connectivity index (χ1) is 9.20. The Morgan fingerprint density at radius 3 is 2.95 bits per heavy atom. The molecule has 1 heterocycles. The number of amidine groups is 1. The van der Waals surface area contributed by atoms with E-state index in [9.17, 15) is 4.39 Å². The van der Waals surface area contributed by atoms with Crippen molar-refractivity contribution in [2.75, 3.05) is 0 Å². The number of benzene rings is 1. The Morgan fingerprint density at radius 2 is 2.26 bits per heavy atom. The summed E-state index contributed by atoms with van der Waals surface area (Å²) < 4.78 is 17.9. The molecule has 1 aromatic heterocycles. The number of nitrogens with two attached hydrogens (primary N) is 1. The lowest BCUT2D eigenvalue weighted by atomic mass is 10.1. The van der Waals surface area contributed by atoms with Crippen molar-refractivity contribution in [3.8, 4) is 0 Å². The van der Waals surface area contributed by atoms with Gasteiger partial charge >= 0.3 is 0 Å². The largest absolute Gasteiger partial charge is 0.409 e. The van der Waals surface area contributed by atoms with Gasteiger partial charge in [0, 0.05) is 24.7 Å². The van der Waals surface area contributed by atoms with E-state index in [1.165, 1.54) is 18.4 Å². The number of halogens is 1. The molecular weight excluding hydrogens is 251 g/mol. The van der Waals surface area contributed by atoms with Crippen molar-refractivity contribution in [1.82, 2.24) is 10.5 Å². The van der Waals surface area contributed by atoms with Crippen LogP contribution in [-0.4, -0.2) is 16.2 Å². The van der Waals surface area contributed by atoms with Gasteiger partial charge in [-0.3, -0.25) is 0 Å². The summed E-state index contributed by atoms with van der Waals surface area (Å²) >= 11 is 0. The molecule has 2 aromatic rings. The van der Waals surface area contributed by atoms with Crippen LogP contribution >= 0.6 is 0 Å². The quantitative estimate of drug-likeness (QED) is 0.326. The van der Waals surface area contributed by atoms with E-state index in [1.807, 2.05) is 0 Å². The van der Waals surface area contributed by atoms with Gasteiger partial charge in [-0.25, -0.2) is 4.39 Å². The highest BCUT2D eigenvalue weighted by molar-refractivity contribution is 5.98. The molecule has 0 fully saturated rings. The zero-order valence-corrected chi connectivity index (χ0v) is 10.0. The summed E-state index contributed by atoms with van der Waals surface area (Å²) in [5.74, 6) is -0.570. The van der Waals surface area contributed by atoms with Crippen LogP contribution in [0.4, 0.5) is 4.39 Å². The highest BCUT2D eigenvalue weighted by Gasteiger charge is 2.08. The van der Waals surface area contributed by atoms with Crippen LogP contribution in [0, 0.1) is 5.82 Å². The van der Waals surface area contributed by atoms with Gasteiger partial charge in [0.1, 0.15) is 12.1 Å². The summed E-state index contributed by atoms with van der Waals surface area (Å²) in [5.41, 5.74) is 7.34. The van der Waals surface area contributed by atoms with Crippen LogP contribution in [-0.2, 0) is 13.1 Å². The molecule has 6 nitrogen and oxygen atoms in total. The molecule has 0 saturated carbocycles. The summed E-state index contributed by atoms with van der Waals surface area (Å²) in [4.78, 5) is 0. The predicted molar refractivity (Wildman–Crippen MR) is 66.0 cm³/mol. The van der Waals surface area contributed by atoms with Gasteiger partial charge in [0.2, 0.25) is 0 Å². The smallest absolute Gasteiger partial charge is 0.170 e. The number of nitrogens with zero attached hydrogens (tertiary/aromatic N) is 2. The molecule has 0 aliphatic carbocycles. The number of nitrogens with one attached hydrogen (secondary N) is 1. The van der Waals surface area contributed by atoms with Crippen molar-refractivity contribution in [2.24, 2.45) is 10.9 Å². The Kier molecular flexibility index (Phi) is 4.09. The number of hydrogen-bond donors (Lipinski definition) is 3. The standard InChI is InChI=1S/C12H13FN4O2/c13-9-2-1-8(11(5-9)12(14)16-18)6-15-7-10-3-4-19-17-10/h1-5,15,18H,6-7H2,(H2,14,16). The number of aromatic nitrogens is 1. The SMILES string of the molecule is N/C(=N/O)c1cc(F)ccc1CNCc1ccon1. The molecule has 0 amide bonds. The van der Waals surface area contributed by atoms with Crippen molar-refractivity contribution < 1.29 is 14.1 Å². The van der Waals surface area contributed by atoms with Gasteiger partial charge in [0.25, 0.3) is 0 Å². The monoisotopic (exact) mass is 264 g/mol. The zero-order valence-electron chi connectivity index (χ0n) is 10.0. The van der Waals surface area contributed by atoms with Crippen LogP contribution in [0.1, 0.15) is 16.8 Å². The summed E-state index contributed by atoms with van der Waals surface area (Å²) in [7, 11) is 0. The molecule has 0 radical (unpaired) electrons. The molecule has 1 aromatic carbocycles. The topological polar surface area (TPSA) is 96.7 Å². The lowest BCUT2D eigenvalue weighted by Crippen LogP contribution is -2.20. The van der Waals surface area contributed by atoms with Crippen LogP contribution < -0.4 is 11.1 Å². The first kappa shape index (κ1) is 13.0. The Bertz CT molecular complexity index is 569. The predicted octanol–water partition coefficient (Wildman–Crippen LogP) is 1.20. The Labute approximate surface area is 108 Å². The van der Waals surface area contributed by atoms with Gasteiger partial charge in [0.15, 0.2) is 5.84 Å². The minimum atomic E-state index is -0.443. The molecule has 4 N–H and O–H groups in total. The van der Waals surface area contributed by atoms with Crippen LogP contribution in [0.5, 0.6) is 0 Å². The van der Waals surface area contributed by atoms with E-state index in [-0.39, 0.29) is 5.84 Å². The minimum Gasteiger partial charge on any atom is -0.409 e. The van der Waals surface area contributed by atoms with Gasteiger partial charge in [0.05, 0.1) is 5.69 Å². The van der Waals surface area contributed by atoms with Gasteiger partial charge in [-0.15, -0.1) is 0 Å². The van der Waals surface area contributed by atoms with Crippen LogP contribution in [0.25, 0.3) is 0 Å². The second kappa shape index (κ2) is 5.96. The van der Waals surface area contributed by atoms with Crippen molar-refractivity contribution in [3.63, 3.8) is 0 Å². The minimum absolute atomic E-state index is 0.127. The fraction of sp³-hybridized carbons (Fsp3) is 0.167. The van der Waals surface area contributed by atoms with Gasteiger partial charge in [-0.1, -0.05) is 16.4 Å². The summed E-state index contributed by atoms with van der Waals surface area (Å²) in [6.45, 7) is 0.933. The average molecular weight is 264 g/mol. The summed E-state index contributed by atoms with van der Waals surface area (Å²) in [6.07, 6.45) is 1.48. The van der Waals surface area contributed by atoms with Gasteiger partial charge in [-0.2, -0.15) is 0 Å². The summed E-state index contributed by atoms with van der Waals surface area (Å²) in [6, 6.07) is 5.87. The fourth-order valence-corrected chi connectivity index (χ4v) is 1.65. The third kappa shape index (κ3) is 3.29. The summed E-state index contributed by atoms with van der Waals surface area (Å²) in [5, 5.41) is 18.4. The van der Waals surface area contributed by atoms with Crippen LogP contribution in [0.3, 0.4) is 0 Å². The molecule has 0 aliphatic heterocycles. The molecule has 0 bridgehead atoms. The molecular formula is C12H13FN4O2. The van der Waals surface area contributed by atoms with E-state index in [2.05, 4.69) is 15.6 Å².